The number of rotatable bonds is 7. The van der Waals surface area contributed by atoms with E-state index in [-0.39, 0.29) is 11.7 Å². The molecule has 1 aromatic rings. The lowest BCUT2D eigenvalue weighted by Crippen LogP contribution is -2.47. The molecule has 2 fully saturated rings. The zero-order chi connectivity index (χ0) is 18.4. The Bertz CT molecular complexity index is 551. The molecule has 7 nitrogen and oxygen atoms in total. The second kappa shape index (κ2) is 8.97. The lowest BCUT2D eigenvalue weighted by atomic mass is 9.95. The SMILES string of the molecule is COc1cncnc1N1CCN(CCCCC2OCC(C)(C)CO2)CC1. The molecular weight excluding hydrogens is 332 g/mol. The number of methoxy groups -OCH3 is 1. The Kier molecular flexibility index (Phi) is 6.67. The Morgan fingerprint density at radius 2 is 1.88 bits per heavy atom. The Hall–Kier alpha value is -1.44. The molecule has 0 radical (unpaired) electrons. The summed E-state index contributed by atoms with van der Waals surface area (Å²) in [6.45, 7) is 11.1. The lowest BCUT2D eigenvalue weighted by molar-refractivity contribution is -0.224. The van der Waals surface area contributed by atoms with Crippen LogP contribution in [0.4, 0.5) is 5.82 Å². The highest BCUT2D eigenvalue weighted by Gasteiger charge is 2.28. The summed E-state index contributed by atoms with van der Waals surface area (Å²) < 4.78 is 17.0. The topological polar surface area (TPSA) is 60.0 Å². The van der Waals surface area contributed by atoms with Crippen molar-refractivity contribution in [3.05, 3.63) is 12.5 Å². The van der Waals surface area contributed by atoms with E-state index in [1.165, 1.54) is 6.42 Å². The standard InChI is InChI=1S/C19H32N4O3/c1-19(2)13-25-17(26-14-19)6-4-5-7-22-8-10-23(11-9-22)18-16(24-3)12-20-15-21-18/h12,15,17H,4-11,13-14H2,1-3H3. The summed E-state index contributed by atoms with van der Waals surface area (Å²) in [6, 6.07) is 0. The van der Waals surface area contributed by atoms with E-state index >= 15 is 0 Å². The molecule has 0 bridgehead atoms. The Morgan fingerprint density at radius 1 is 1.15 bits per heavy atom. The van der Waals surface area contributed by atoms with Gasteiger partial charge in [0.2, 0.25) is 0 Å². The molecule has 3 rings (SSSR count). The number of aromatic nitrogens is 2. The first-order valence-corrected chi connectivity index (χ1v) is 9.62. The van der Waals surface area contributed by atoms with Crippen LogP contribution in [0.1, 0.15) is 33.1 Å². The fraction of sp³-hybridized carbons (Fsp3) is 0.789. The van der Waals surface area contributed by atoms with Gasteiger partial charge in [-0.3, -0.25) is 4.90 Å². The highest BCUT2D eigenvalue weighted by atomic mass is 16.7. The molecule has 0 saturated carbocycles. The summed E-state index contributed by atoms with van der Waals surface area (Å²) in [6.07, 6.45) is 6.62. The number of nitrogens with zero attached hydrogens (tertiary/aromatic N) is 4. The maximum atomic E-state index is 5.80. The van der Waals surface area contributed by atoms with Gasteiger partial charge in [0.05, 0.1) is 26.5 Å². The molecule has 7 heteroatoms. The van der Waals surface area contributed by atoms with Crippen LogP contribution in [-0.2, 0) is 9.47 Å². The van der Waals surface area contributed by atoms with Crippen molar-refractivity contribution in [3.63, 3.8) is 0 Å². The average molecular weight is 364 g/mol. The molecule has 3 heterocycles. The molecule has 0 aliphatic carbocycles. The third-order valence-corrected chi connectivity index (χ3v) is 5.03. The summed E-state index contributed by atoms with van der Waals surface area (Å²) in [5.74, 6) is 1.65. The molecule has 146 valence electrons. The summed E-state index contributed by atoms with van der Waals surface area (Å²) >= 11 is 0. The minimum atomic E-state index is -0.00917. The van der Waals surface area contributed by atoms with Crippen LogP contribution in [0.15, 0.2) is 12.5 Å². The van der Waals surface area contributed by atoms with Crippen molar-refractivity contribution in [2.75, 3.05) is 57.9 Å². The van der Waals surface area contributed by atoms with Gasteiger partial charge in [-0.15, -0.1) is 0 Å². The maximum Gasteiger partial charge on any atom is 0.179 e. The van der Waals surface area contributed by atoms with Crippen molar-refractivity contribution in [1.29, 1.82) is 0 Å². The fourth-order valence-electron chi connectivity index (χ4n) is 3.42. The minimum absolute atomic E-state index is 0.00917. The molecule has 0 unspecified atom stereocenters. The van der Waals surface area contributed by atoms with Crippen LogP contribution >= 0.6 is 0 Å². The Labute approximate surface area is 156 Å². The predicted octanol–water partition coefficient (Wildman–Crippen LogP) is 2.18. The number of hydrogen-bond donors (Lipinski definition) is 0. The van der Waals surface area contributed by atoms with Crippen LogP contribution in [0.3, 0.4) is 0 Å². The van der Waals surface area contributed by atoms with Crippen LogP contribution in [0.5, 0.6) is 5.75 Å². The van der Waals surface area contributed by atoms with E-state index in [0.29, 0.717) is 0 Å². The van der Waals surface area contributed by atoms with Gasteiger partial charge >= 0.3 is 0 Å². The highest BCUT2D eigenvalue weighted by Crippen LogP contribution is 2.26. The first-order valence-electron chi connectivity index (χ1n) is 9.62. The van der Waals surface area contributed by atoms with Gasteiger partial charge in [0.1, 0.15) is 6.33 Å². The summed E-state index contributed by atoms with van der Waals surface area (Å²) in [4.78, 5) is 13.2. The smallest absolute Gasteiger partial charge is 0.179 e. The van der Waals surface area contributed by atoms with Gasteiger partial charge in [-0.2, -0.15) is 0 Å². The van der Waals surface area contributed by atoms with Crippen molar-refractivity contribution in [1.82, 2.24) is 14.9 Å². The van der Waals surface area contributed by atoms with Gasteiger partial charge < -0.3 is 19.1 Å². The Balaban J connectivity index is 1.32. The monoisotopic (exact) mass is 364 g/mol. The number of anilines is 1. The second-order valence-corrected chi connectivity index (χ2v) is 7.95. The van der Waals surface area contributed by atoms with E-state index in [1.807, 2.05) is 0 Å². The predicted molar refractivity (Wildman–Crippen MR) is 101 cm³/mol. The van der Waals surface area contributed by atoms with Crippen molar-refractivity contribution in [2.45, 2.75) is 39.4 Å². The first kappa shape index (κ1) is 19.3. The van der Waals surface area contributed by atoms with Crippen LogP contribution in [0.2, 0.25) is 0 Å². The van der Waals surface area contributed by atoms with Gasteiger partial charge in [0.15, 0.2) is 17.9 Å². The molecule has 0 N–H and O–H groups in total. The van der Waals surface area contributed by atoms with Crippen molar-refractivity contribution < 1.29 is 14.2 Å². The number of piperazine rings is 1. The van der Waals surface area contributed by atoms with E-state index in [4.69, 9.17) is 14.2 Å². The van der Waals surface area contributed by atoms with Crippen molar-refractivity contribution in [3.8, 4) is 5.75 Å². The molecule has 2 aliphatic heterocycles. The van der Waals surface area contributed by atoms with E-state index < -0.39 is 0 Å². The lowest BCUT2D eigenvalue weighted by Gasteiger charge is -2.36. The summed E-state index contributed by atoms with van der Waals surface area (Å²) in [5, 5.41) is 0. The molecular formula is C19H32N4O3. The van der Waals surface area contributed by atoms with Crippen LogP contribution in [0, 0.1) is 5.41 Å². The molecule has 2 saturated heterocycles. The molecule has 0 atom stereocenters. The number of ether oxygens (including phenoxy) is 3. The zero-order valence-corrected chi connectivity index (χ0v) is 16.3. The van der Waals surface area contributed by atoms with Gasteiger partial charge in [0, 0.05) is 31.6 Å². The maximum absolute atomic E-state index is 5.80. The van der Waals surface area contributed by atoms with Crippen molar-refractivity contribution in [2.24, 2.45) is 5.41 Å². The quantitative estimate of drug-likeness (QED) is 0.687. The third-order valence-electron chi connectivity index (χ3n) is 5.03. The van der Waals surface area contributed by atoms with E-state index in [2.05, 4.69) is 33.6 Å². The van der Waals surface area contributed by atoms with E-state index in [9.17, 15) is 0 Å². The number of unbranched alkanes of at least 4 members (excludes halogenated alkanes) is 1. The molecule has 0 amide bonds. The van der Waals surface area contributed by atoms with Crippen LogP contribution in [-0.4, -0.2) is 74.2 Å². The van der Waals surface area contributed by atoms with Gasteiger partial charge in [-0.25, -0.2) is 9.97 Å². The first-order chi connectivity index (χ1) is 12.6. The summed E-state index contributed by atoms with van der Waals surface area (Å²) in [7, 11) is 1.67. The molecule has 0 spiro atoms. The Morgan fingerprint density at radius 3 is 2.58 bits per heavy atom. The van der Waals surface area contributed by atoms with E-state index in [0.717, 1.165) is 70.3 Å². The van der Waals surface area contributed by atoms with Gasteiger partial charge in [-0.1, -0.05) is 13.8 Å². The second-order valence-electron chi connectivity index (χ2n) is 7.95. The largest absolute Gasteiger partial charge is 0.491 e. The minimum Gasteiger partial charge on any atom is -0.491 e. The third kappa shape index (κ3) is 5.28. The average Bonchev–Trinajstić information content (AvgIpc) is 2.67. The zero-order valence-electron chi connectivity index (χ0n) is 16.3. The molecule has 1 aromatic heterocycles. The number of hydrogen-bond acceptors (Lipinski definition) is 7. The highest BCUT2D eigenvalue weighted by molar-refractivity contribution is 5.50. The fourth-order valence-corrected chi connectivity index (χ4v) is 3.42. The van der Waals surface area contributed by atoms with Gasteiger partial charge in [0.25, 0.3) is 0 Å². The molecule has 2 aliphatic rings. The van der Waals surface area contributed by atoms with Crippen LogP contribution in [0.25, 0.3) is 0 Å². The van der Waals surface area contributed by atoms with Crippen molar-refractivity contribution >= 4 is 5.82 Å². The van der Waals surface area contributed by atoms with Crippen LogP contribution < -0.4 is 9.64 Å². The molecule has 0 aromatic carbocycles. The summed E-state index contributed by atoms with van der Waals surface area (Å²) in [5.41, 5.74) is 0.155. The van der Waals surface area contributed by atoms with Gasteiger partial charge in [-0.05, 0) is 25.8 Å². The van der Waals surface area contributed by atoms with E-state index in [1.54, 1.807) is 19.6 Å². The normalized spacial score (nSPS) is 21.7. The molecule has 26 heavy (non-hydrogen) atoms.